The second-order valence-electron chi connectivity index (χ2n) is 20.9. The lowest BCUT2D eigenvalue weighted by atomic mass is 10.0. The number of hydrogen-bond acceptors (Lipinski definition) is 8. The number of esters is 2. The number of rotatable bonds is 54. The van der Waals surface area contributed by atoms with E-state index in [0.29, 0.717) is 23.9 Å². The Morgan fingerprint density at radius 3 is 1.05 bits per heavy atom. The molecule has 0 aromatic rings. The van der Waals surface area contributed by atoms with Crippen LogP contribution >= 0.6 is 7.82 Å². The third-order valence-corrected chi connectivity index (χ3v) is 13.2. The molecule has 0 heterocycles. The third kappa shape index (κ3) is 62.6. The summed E-state index contributed by atoms with van der Waals surface area (Å²) in [6.07, 6.45) is 90.0. The molecule has 2 unspecified atom stereocenters. The number of phosphoric acid groups is 1. The number of carbonyl (C=O) groups is 2. The van der Waals surface area contributed by atoms with Crippen molar-refractivity contribution in [1.82, 2.24) is 0 Å². The van der Waals surface area contributed by atoms with Crippen molar-refractivity contribution in [3.63, 3.8) is 0 Å². The first-order valence-corrected chi connectivity index (χ1v) is 32.3. The van der Waals surface area contributed by atoms with Gasteiger partial charge in [0.25, 0.3) is 7.82 Å². The minimum absolute atomic E-state index is 0.0515. The molecule has 0 spiro atoms. The zero-order chi connectivity index (χ0) is 58.4. The van der Waals surface area contributed by atoms with Crippen LogP contribution in [0.15, 0.2) is 170 Å². The van der Waals surface area contributed by atoms with Gasteiger partial charge in [-0.25, -0.2) is 0 Å². The summed E-state index contributed by atoms with van der Waals surface area (Å²) in [5.74, 6) is -0.946. The highest BCUT2D eigenvalue weighted by molar-refractivity contribution is 7.45. The molecule has 10 heteroatoms. The van der Waals surface area contributed by atoms with E-state index in [9.17, 15) is 19.0 Å². The number of carbonyl (C=O) groups excluding carboxylic acids is 2. The van der Waals surface area contributed by atoms with E-state index in [2.05, 4.69) is 172 Å². The van der Waals surface area contributed by atoms with E-state index >= 15 is 0 Å². The average Bonchev–Trinajstić information content (AvgIpc) is 3.42. The Morgan fingerprint density at radius 1 is 0.388 bits per heavy atom. The molecule has 0 saturated carbocycles. The Morgan fingerprint density at radius 2 is 0.700 bits per heavy atom. The van der Waals surface area contributed by atoms with E-state index in [0.717, 1.165) is 116 Å². The Balaban J connectivity index is 4.19. The first-order valence-electron chi connectivity index (χ1n) is 30.8. The molecule has 0 aromatic carbocycles. The summed E-state index contributed by atoms with van der Waals surface area (Å²) in [6.45, 7) is 3.90. The van der Waals surface area contributed by atoms with Crippen LogP contribution < -0.4 is 4.89 Å². The molecule has 0 N–H and O–H groups in total. The minimum atomic E-state index is -4.67. The van der Waals surface area contributed by atoms with Crippen molar-refractivity contribution >= 4 is 19.8 Å². The molecule has 80 heavy (non-hydrogen) atoms. The van der Waals surface area contributed by atoms with Crippen LogP contribution in [0.2, 0.25) is 0 Å². The smallest absolute Gasteiger partial charge is 0.306 e. The highest BCUT2D eigenvalue weighted by Gasteiger charge is 2.21. The van der Waals surface area contributed by atoms with Gasteiger partial charge in [0.2, 0.25) is 0 Å². The van der Waals surface area contributed by atoms with Crippen LogP contribution in [-0.4, -0.2) is 70.0 Å². The maximum atomic E-state index is 12.8. The standard InChI is InChI=1S/C70H112NO8P/c1-6-8-10-12-14-16-18-20-22-24-26-27-28-29-30-31-32-33-34-35-36-37-38-39-40-41-42-43-45-47-49-51-53-55-57-59-61-63-70(73)79-68(67-78-80(74,75)77-65-64-71(3,4)5)66-76-69(72)62-60-58-56-54-52-50-48-46-44-25-23-21-19-17-15-13-11-9-7-2/h8-11,14-17,20-23,26-27,29-30,32-33,35-36,38-39,44,46,50,52,56,58,68H,6-7,12-13,18-19,24-25,28,31,34,37,40-43,45,47-49,51,53-55,57,59-67H2,1-5H3/b10-8-,11-9-,16-14-,17-15-,22-20-,23-21-,27-26-,30-29-,33-32-,36-35-,39-38-,46-44-,52-50-,58-56-. The molecular weight excluding hydrogens is 1010 g/mol. The van der Waals surface area contributed by atoms with Crippen LogP contribution in [0.4, 0.5) is 0 Å². The first-order chi connectivity index (χ1) is 39.0. The first kappa shape index (κ1) is 75.4. The highest BCUT2D eigenvalue weighted by Crippen LogP contribution is 2.38. The maximum absolute atomic E-state index is 12.8. The van der Waals surface area contributed by atoms with Gasteiger partial charge >= 0.3 is 11.9 Å². The molecule has 0 aromatic heterocycles. The second kappa shape index (κ2) is 59.0. The summed E-state index contributed by atoms with van der Waals surface area (Å²) >= 11 is 0. The van der Waals surface area contributed by atoms with Crippen LogP contribution in [0, 0.1) is 0 Å². The summed E-state index contributed by atoms with van der Waals surface area (Å²) in [5.41, 5.74) is 0. The Hall–Kier alpha value is -4.63. The molecule has 0 radical (unpaired) electrons. The average molecular weight is 1130 g/mol. The number of ether oxygens (including phenoxy) is 2. The Bertz CT molecular complexity index is 1950. The number of phosphoric ester groups is 1. The predicted octanol–water partition coefficient (Wildman–Crippen LogP) is 19.2. The number of hydrogen-bond donors (Lipinski definition) is 0. The summed E-state index contributed by atoms with van der Waals surface area (Å²) in [5, 5.41) is 0. The highest BCUT2D eigenvalue weighted by atomic mass is 31.2. The topological polar surface area (TPSA) is 111 Å². The van der Waals surface area contributed by atoms with Crippen LogP contribution in [0.25, 0.3) is 0 Å². The molecule has 450 valence electrons. The summed E-state index contributed by atoms with van der Waals surface area (Å²) in [7, 11) is 1.10. The van der Waals surface area contributed by atoms with E-state index < -0.39 is 32.5 Å². The lowest BCUT2D eigenvalue weighted by Gasteiger charge is -2.28. The van der Waals surface area contributed by atoms with Gasteiger partial charge in [-0.2, -0.15) is 0 Å². The monoisotopic (exact) mass is 1130 g/mol. The zero-order valence-corrected chi connectivity index (χ0v) is 51.8. The Labute approximate surface area is 489 Å². The van der Waals surface area contributed by atoms with Crippen molar-refractivity contribution in [2.24, 2.45) is 0 Å². The fourth-order valence-corrected chi connectivity index (χ4v) is 8.31. The third-order valence-electron chi connectivity index (χ3n) is 12.2. The van der Waals surface area contributed by atoms with Gasteiger partial charge in [-0.15, -0.1) is 0 Å². The second-order valence-corrected chi connectivity index (χ2v) is 22.4. The largest absolute Gasteiger partial charge is 0.756 e. The number of unbranched alkanes of at least 4 members (excludes halogenated alkanes) is 12. The van der Waals surface area contributed by atoms with Gasteiger partial charge in [0, 0.05) is 12.8 Å². The lowest BCUT2D eigenvalue weighted by Crippen LogP contribution is -2.37. The van der Waals surface area contributed by atoms with Crippen LogP contribution in [0.5, 0.6) is 0 Å². The van der Waals surface area contributed by atoms with E-state index in [1.165, 1.54) is 51.4 Å². The molecule has 0 aliphatic rings. The van der Waals surface area contributed by atoms with Crippen LogP contribution in [0.1, 0.15) is 206 Å². The van der Waals surface area contributed by atoms with Crippen molar-refractivity contribution in [2.45, 2.75) is 213 Å². The summed E-state index contributed by atoms with van der Waals surface area (Å²) in [6, 6.07) is 0. The molecule has 9 nitrogen and oxygen atoms in total. The van der Waals surface area contributed by atoms with Crippen molar-refractivity contribution < 1.29 is 42.1 Å². The van der Waals surface area contributed by atoms with E-state index in [1.54, 1.807) is 0 Å². The summed E-state index contributed by atoms with van der Waals surface area (Å²) in [4.78, 5) is 37.9. The number of allylic oxidation sites excluding steroid dienone is 28. The van der Waals surface area contributed by atoms with Gasteiger partial charge in [-0.1, -0.05) is 248 Å². The van der Waals surface area contributed by atoms with Crippen LogP contribution in [-0.2, 0) is 32.7 Å². The van der Waals surface area contributed by atoms with Crippen molar-refractivity contribution in [1.29, 1.82) is 0 Å². The normalized spacial score (nSPS) is 14.4. The SMILES string of the molecule is CC/C=C\C/C=C\C/C=C\C/C=C\C/C=C\C/C=C\C/C=C\C/C=C\CCCCCCCCCCCCCCC(=O)OC(COC(=O)CC/C=C\C/C=C\C/C=C\C/C=C\C/C=C\C/C=C\CC)COP(=O)([O-])OCC[N+](C)(C)C. The summed E-state index contributed by atoms with van der Waals surface area (Å²) < 4.78 is 34.1. The molecular formula is C70H112NO8P. The molecule has 0 amide bonds. The zero-order valence-electron chi connectivity index (χ0n) is 50.9. The fourth-order valence-electron chi connectivity index (χ4n) is 7.58. The fraction of sp³-hybridized carbons (Fsp3) is 0.571. The minimum Gasteiger partial charge on any atom is -0.756 e. The van der Waals surface area contributed by atoms with Gasteiger partial charge in [-0.05, 0) is 116 Å². The van der Waals surface area contributed by atoms with E-state index in [-0.39, 0.29) is 26.1 Å². The molecule has 0 rings (SSSR count). The molecule has 0 saturated heterocycles. The van der Waals surface area contributed by atoms with Crippen molar-refractivity contribution in [3.8, 4) is 0 Å². The molecule has 0 fully saturated rings. The quantitative estimate of drug-likeness (QED) is 0.0195. The van der Waals surface area contributed by atoms with Gasteiger partial charge in [0.15, 0.2) is 6.10 Å². The Kier molecular flexibility index (Phi) is 55.6. The van der Waals surface area contributed by atoms with E-state index in [4.69, 9.17) is 18.5 Å². The predicted molar refractivity (Wildman–Crippen MR) is 341 cm³/mol. The lowest BCUT2D eigenvalue weighted by molar-refractivity contribution is -0.870. The number of quaternary nitrogens is 1. The van der Waals surface area contributed by atoms with Crippen LogP contribution in [0.3, 0.4) is 0 Å². The van der Waals surface area contributed by atoms with Gasteiger partial charge in [0.05, 0.1) is 27.7 Å². The van der Waals surface area contributed by atoms with E-state index in [1.807, 2.05) is 33.3 Å². The molecule has 0 aliphatic carbocycles. The molecule has 0 bridgehead atoms. The number of nitrogens with zero attached hydrogens (tertiary/aromatic N) is 1. The van der Waals surface area contributed by atoms with Gasteiger partial charge in [0.1, 0.15) is 19.8 Å². The van der Waals surface area contributed by atoms with Gasteiger partial charge < -0.3 is 27.9 Å². The molecule has 0 aliphatic heterocycles. The van der Waals surface area contributed by atoms with Crippen molar-refractivity contribution in [2.75, 3.05) is 47.5 Å². The van der Waals surface area contributed by atoms with Gasteiger partial charge in [-0.3, -0.25) is 14.2 Å². The maximum Gasteiger partial charge on any atom is 0.306 e. The number of likely N-dealkylation sites (N-methyl/N-ethyl adjacent to an activating group) is 1. The van der Waals surface area contributed by atoms with Crippen molar-refractivity contribution in [3.05, 3.63) is 170 Å². The molecule has 2 atom stereocenters.